The highest BCUT2D eigenvalue weighted by Crippen LogP contribution is 2.14. The van der Waals surface area contributed by atoms with Crippen molar-refractivity contribution in [1.29, 1.82) is 0 Å². The van der Waals surface area contributed by atoms with Crippen molar-refractivity contribution < 1.29 is 0 Å². The number of rotatable bonds is 7. The van der Waals surface area contributed by atoms with Crippen molar-refractivity contribution >= 4 is 5.69 Å². The van der Waals surface area contributed by atoms with E-state index in [2.05, 4.69) is 72.5 Å². The summed E-state index contributed by atoms with van der Waals surface area (Å²) in [5.74, 6) is 0. The van der Waals surface area contributed by atoms with Crippen LogP contribution in [0.4, 0.5) is 5.69 Å². The first-order valence-electron chi connectivity index (χ1n) is 7.24. The third-order valence-corrected chi connectivity index (χ3v) is 3.35. The Kier molecular flexibility index (Phi) is 7.44. The molecule has 0 fully saturated rings. The van der Waals surface area contributed by atoms with Crippen molar-refractivity contribution in [3.05, 3.63) is 66.2 Å². The number of benzene rings is 2. The van der Waals surface area contributed by atoms with E-state index in [0.29, 0.717) is 0 Å². The summed E-state index contributed by atoms with van der Waals surface area (Å²) in [5.41, 5.74) is 2.78. The highest BCUT2D eigenvalue weighted by molar-refractivity contribution is 5.45. The van der Waals surface area contributed by atoms with Crippen LogP contribution < -0.4 is 11.1 Å². The minimum Gasteiger partial charge on any atom is -0.372 e. The Morgan fingerprint density at radius 1 is 0.800 bits per heavy atom. The van der Waals surface area contributed by atoms with Gasteiger partial charge in [0.1, 0.15) is 0 Å². The Labute approximate surface area is 123 Å². The molecule has 0 atom stereocenters. The van der Waals surface area contributed by atoms with Crippen molar-refractivity contribution in [3.8, 4) is 0 Å². The summed E-state index contributed by atoms with van der Waals surface area (Å²) in [5, 5.41) is 0. The minimum atomic E-state index is 0. The topological polar surface area (TPSA) is 38.2 Å². The maximum atomic E-state index is 2.49. The van der Waals surface area contributed by atoms with Crippen molar-refractivity contribution in [1.82, 2.24) is 6.15 Å². The van der Waals surface area contributed by atoms with Crippen LogP contribution in [0.5, 0.6) is 0 Å². The van der Waals surface area contributed by atoms with Gasteiger partial charge in [0.05, 0.1) is 0 Å². The fourth-order valence-electron chi connectivity index (χ4n) is 2.40. The second kappa shape index (κ2) is 9.16. The Hall–Kier alpha value is -1.80. The van der Waals surface area contributed by atoms with Crippen LogP contribution in [0.15, 0.2) is 60.7 Å². The minimum absolute atomic E-state index is 0. The van der Waals surface area contributed by atoms with E-state index in [1.165, 1.54) is 24.1 Å². The van der Waals surface area contributed by atoms with Gasteiger partial charge in [0.2, 0.25) is 0 Å². The molecule has 2 nitrogen and oxygen atoms in total. The van der Waals surface area contributed by atoms with Gasteiger partial charge in [-0.2, -0.15) is 0 Å². The molecule has 0 spiro atoms. The summed E-state index contributed by atoms with van der Waals surface area (Å²) in [6.07, 6.45) is 3.56. The molecule has 0 aliphatic rings. The third kappa shape index (κ3) is 5.06. The molecule has 0 bridgehead atoms. The molecule has 0 radical (unpaired) electrons. The van der Waals surface area contributed by atoms with Crippen molar-refractivity contribution in [2.75, 3.05) is 18.0 Å². The van der Waals surface area contributed by atoms with Crippen LogP contribution in [0.1, 0.15) is 25.3 Å². The van der Waals surface area contributed by atoms with E-state index in [9.17, 15) is 0 Å². The average Bonchev–Trinajstić information content (AvgIpc) is 2.48. The van der Waals surface area contributed by atoms with Crippen molar-refractivity contribution in [2.45, 2.75) is 26.2 Å². The zero-order valence-electron chi connectivity index (χ0n) is 12.5. The van der Waals surface area contributed by atoms with E-state index in [4.69, 9.17) is 0 Å². The molecule has 0 aromatic heterocycles. The van der Waals surface area contributed by atoms with Gasteiger partial charge in [0.25, 0.3) is 0 Å². The van der Waals surface area contributed by atoms with Crippen LogP contribution in [-0.4, -0.2) is 13.1 Å². The second-order valence-electron chi connectivity index (χ2n) is 4.91. The largest absolute Gasteiger partial charge is 0.372 e. The van der Waals surface area contributed by atoms with Crippen LogP contribution in [0.25, 0.3) is 0 Å². The Bertz CT molecular complexity index is 453. The number of nitrogens with zero attached hydrogens (tertiary/aromatic N) is 1. The molecule has 3 N–H and O–H groups in total. The SMILES string of the molecule is CCCN(CCCc1ccccc1)c1ccccc1.N. The van der Waals surface area contributed by atoms with Gasteiger partial charge < -0.3 is 11.1 Å². The lowest BCUT2D eigenvalue weighted by Gasteiger charge is -2.24. The molecule has 0 aliphatic carbocycles. The standard InChI is InChI=1S/C18H23N.H3N/c1-2-15-19(18-13-7-4-8-14-18)16-9-12-17-10-5-3-6-11-17;/h3-8,10-11,13-14H,2,9,12,15-16H2,1H3;1H3. The lowest BCUT2D eigenvalue weighted by molar-refractivity contribution is 0.714. The molecule has 20 heavy (non-hydrogen) atoms. The zero-order chi connectivity index (χ0) is 13.3. The highest BCUT2D eigenvalue weighted by Gasteiger charge is 2.04. The number of hydrogen-bond acceptors (Lipinski definition) is 2. The Morgan fingerprint density at radius 2 is 1.40 bits per heavy atom. The van der Waals surface area contributed by atoms with E-state index in [0.717, 1.165) is 19.5 Å². The van der Waals surface area contributed by atoms with Gasteiger partial charge in [0, 0.05) is 18.8 Å². The molecular weight excluding hydrogens is 244 g/mol. The molecule has 0 aliphatic heterocycles. The van der Waals surface area contributed by atoms with Crippen LogP contribution in [0.3, 0.4) is 0 Å². The smallest absolute Gasteiger partial charge is 0.0366 e. The van der Waals surface area contributed by atoms with Gasteiger partial charge in [-0.3, -0.25) is 0 Å². The fourth-order valence-corrected chi connectivity index (χ4v) is 2.40. The van der Waals surface area contributed by atoms with Gasteiger partial charge in [-0.15, -0.1) is 0 Å². The molecule has 0 unspecified atom stereocenters. The van der Waals surface area contributed by atoms with Crippen molar-refractivity contribution in [3.63, 3.8) is 0 Å². The predicted molar refractivity (Wildman–Crippen MR) is 88.7 cm³/mol. The molecule has 2 rings (SSSR count). The first kappa shape index (κ1) is 16.3. The molecule has 2 heteroatoms. The van der Waals surface area contributed by atoms with Crippen LogP contribution >= 0.6 is 0 Å². The molecule has 2 aromatic carbocycles. The maximum Gasteiger partial charge on any atom is 0.0366 e. The summed E-state index contributed by atoms with van der Waals surface area (Å²) in [4.78, 5) is 2.49. The van der Waals surface area contributed by atoms with E-state index >= 15 is 0 Å². The van der Waals surface area contributed by atoms with E-state index in [-0.39, 0.29) is 6.15 Å². The molecule has 108 valence electrons. The number of hydrogen-bond donors (Lipinski definition) is 1. The summed E-state index contributed by atoms with van der Waals surface area (Å²) < 4.78 is 0. The summed E-state index contributed by atoms with van der Waals surface area (Å²) >= 11 is 0. The molecule has 2 aromatic rings. The molecule has 0 heterocycles. The Morgan fingerprint density at radius 3 is 2.00 bits per heavy atom. The van der Waals surface area contributed by atoms with Gasteiger partial charge in [0.15, 0.2) is 0 Å². The zero-order valence-corrected chi connectivity index (χ0v) is 12.5. The monoisotopic (exact) mass is 270 g/mol. The van der Waals surface area contributed by atoms with E-state index in [1.54, 1.807) is 0 Å². The fraction of sp³-hybridized carbons (Fsp3) is 0.333. The first-order chi connectivity index (χ1) is 9.40. The Balaban J connectivity index is 0.00000200. The second-order valence-corrected chi connectivity index (χ2v) is 4.91. The number of aryl methyl sites for hydroxylation is 1. The van der Waals surface area contributed by atoms with Crippen LogP contribution in [0.2, 0.25) is 0 Å². The average molecular weight is 270 g/mol. The predicted octanol–water partition coefficient (Wildman–Crippen LogP) is 4.70. The molecular formula is C18H26N2. The molecule has 0 saturated carbocycles. The van der Waals surface area contributed by atoms with Crippen LogP contribution in [0, 0.1) is 0 Å². The summed E-state index contributed by atoms with van der Waals surface area (Å²) in [6.45, 7) is 4.51. The normalized spacial score (nSPS) is 9.85. The number of para-hydroxylation sites is 1. The first-order valence-corrected chi connectivity index (χ1v) is 7.24. The van der Waals surface area contributed by atoms with Crippen molar-refractivity contribution in [2.24, 2.45) is 0 Å². The van der Waals surface area contributed by atoms with Gasteiger partial charge in [-0.1, -0.05) is 55.5 Å². The van der Waals surface area contributed by atoms with Crippen LogP contribution in [-0.2, 0) is 6.42 Å². The van der Waals surface area contributed by atoms with E-state index < -0.39 is 0 Å². The van der Waals surface area contributed by atoms with E-state index in [1.807, 2.05) is 0 Å². The molecule has 0 saturated heterocycles. The summed E-state index contributed by atoms with van der Waals surface area (Å²) in [7, 11) is 0. The molecule has 0 amide bonds. The maximum absolute atomic E-state index is 2.49. The summed E-state index contributed by atoms with van der Waals surface area (Å²) in [6, 6.07) is 21.5. The number of anilines is 1. The quantitative estimate of drug-likeness (QED) is 0.792. The highest BCUT2D eigenvalue weighted by atomic mass is 15.1. The third-order valence-electron chi connectivity index (χ3n) is 3.35. The van der Waals surface area contributed by atoms with Gasteiger partial charge in [-0.05, 0) is 37.0 Å². The lowest BCUT2D eigenvalue weighted by Crippen LogP contribution is -2.25. The van der Waals surface area contributed by atoms with Gasteiger partial charge >= 0.3 is 0 Å². The van der Waals surface area contributed by atoms with Gasteiger partial charge in [-0.25, -0.2) is 0 Å². The lowest BCUT2D eigenvalue weighted by atomic mass is 10.1.